The van der Waals surface area contributed by atoms with Crippen LogP contribution in [0.15, 0.2) is 66.9 Å². The summed E-state index contributed by atoms with van der Waals surface area (Å²) in [6.07, 6.45) is 7.79. The van der Waals surface area contributed by atoms with E-state index < -0.39 is 0 Å². The second-order valence-corrected chi connectivity index (χ2v) is 9.29. The molecule has 1 unspecified atom stereocenters. The molecule has 3 aromatic rings. The number of fused-ring (bicyclic) bond motifs is 2. The zero-order chi connectivity index (χ0) is 21.8. The smallest absolute Gasteiger partial charge is 0.0607 e. The largest absolute Gasteiger partial charge is 0.326 e. The van der Waals surface area contributed by atoms with Gasteiger partial charge in [0.25, 0.3) is 0 Å². The van der Waals surface area contributed by atoms with Crippen LogP contribution < -0.4 is 11.1 Å². The molecule has 3 N–H and O–H groups in total. The number of aryl methyl sites for hydroxylation is 1. The van der Waals surface area contributed by atoms with Crippen molar-refractivity contribution in [1.82, 2.24) is 15.2 Å². The van der Waals surface area contributed by atoms with E-state index in [4.69, 9.17) is 10.7 Å². The van der Waals surface area contributed by atoms with Gasteiger partial charge in [-0.2, -0.15) is 0 Å². The Bertz CT molecular complexity index is 1050. The Balaban J connectivity index is 1.35. The average molecular weight is 427 g/mol. The average Bonchev–Trinajstić information content (AvgIpc) is 2.86. The Morgan fingerprint density at radius 1 is 0.969 bits per heavy atom. The van der Waals surface area contributed by atoms with Crippen molar-refractivity contribution >= 4 is 0 Å². The van der Waals surface area contributed by atoms with Crippen molar-refractivity contribution in [2.45, 2.75) is 63.8 Å². The van der Waals surface area contributed by atoms with Crippen LogP contribution in [0.5, 0.6) is 0 Å². The van der Waals surface area contributed by atoms with Crippen LogP contribution in [0.3, 0.4) is 0 Å². The lowest BCUT2D eigenvalue weighted by atomic mass is 9.89. The summed E-state index contributed by atoms with van der Waals surface area (Å²) in [5, 5.41) is 3.78. The number of nitrogens with two attached hydrogens (primary N) is 1. The number of hydrogen-bond acceptors (Lipinski definition) is 4. The van der Waals surface area contributed by atoms with E-state index >= 15 is 0 Å². The van der Waals surface area contributed by atoms with Crippen LogP contribution in [0.2, 0.25) is 0 Å². The normalized spacial score (nSPS) is 20.1. The highest BCUT2D eigenvalue weighted by molar-refractivity contribution is 5.30. The highest BCUT2D eigenvalue weighted by Gasteiger charge is 2.28. The first-order chi connectivity index (χ1) is 15.8. The fraction of sp³-hybridized carbons (Fsp3) is 0.393. The molecule has 32 heavy (non-hydrogen) atoms. The van der Waals surface area contributed by atoms with Crippen LogP contribution >= 0.6 is 0 Å². The molecule has 0 fully saturated rings. The second-order valence-electron chi connectivity index (χ2n) is 9.29. The molecule has 2 atom stereocenters. The summed E-state index contributed by atoms with van der Waals surface area (Å²) in [6, 6.07) is 22.9. The number of aromatic nitrogens is 1. The quantitative estimate of drug-likeness (QED) is 0.583. The molecule has 0 spiro atoms. The Hall–Kier alpha value is -2.53. The van der Waals surface area contributed by atoms with Crippen LogP contribution in [0.1, 0.15) is 58.8 Å². The highest BCUT2D eigenvalue weighted by atomic mass is 15.2. The molecular weight excluding hydrogens is 392 g/mol. The number of nitrogens with one attached hydrogen (secondary N) is 1. The van der Waals surface area contributed by atoms with E-state index in [0.717, 1.165) is 38.9 Å². The Morgan fingerprint density at radius 2 is 1.81 bits per heavy atom. The van der Waals surface area contributed by atoms with Crippen molar-refractivity contribution in [2.24, 2.45) is 5.73 Å². The van der Waals surface area contributed by atoms with E-state index in [1.54, 1.807) is 0 Å². The molecule has 1 aliphatic heterocycles. The van der Waals surface area contributed by atoms with E-state index in [1.165, 1.54) is 46.4 Å². The molecule has 2 aliphatic rings. The van der Waals surface area contributed by atoms with Crippen LogP contribution in [0, 0.1) is 0 Å². The van der Waals surface area contributed by atoms with Gasteiger partial charge in [-0.15, -0.1) is 0 Å². The fourth-order valence-electron chi connectivity index (χ4n) is 5.42. The molecular formula is C28H34N4. The zero-order valence-electron chi connectivity index (χ0n) is 18.8. The van der Waals surface area contributed by atoms with Gasteiger partial charge in [-0.25, -0.2) is 0 Å². The van der Waals surface area contributed by atoms with Crippen molar-refractivity contribution in [3.63, 3.8) is 0 Å². The van der Waals surface area contributed by atoms with E-state index in [0.29, 0.717) is 18.6 Å². The van der Waals surface area contributed by atoms with Gasteiger partial charge in [0.05, 0.1) is 11.7 Å². The van der Waals surface area contributed by atoms with Gasteiger partial charge in [0.2, 0.25) is 0 Å². The third kappa shape index (κ3) is 4.78. The number of hydrogen-bond donors (Lipinski definition) is 2. The summed E-state index contributed by atoms with van der Waals surface area (Å²) in [6.45, 7) is 3.57. The molecule has 4 heteroatoms. The van der Waals surface area contributed by atoms with Gasteiger partial charge in [0, 0.05) is 38.4 Å². The number of rotatable bonds is 7. The van der Waals surface area contributed by atoms with Crippen molar-refractivity contribution in [3.8, 4) is 0 Å². The standard InChI is InChI=1S/C28H34N4/c29-18-21-6-3-7-22(16-21)20-32(27-12-4-10-23-11-5-14-30-28(23)27)15-13-26-17-24-8-1-2-9-25(24)19-31-26/h1-3,5-9,11,14,16,26-27,31H,4,10,12-13,15,17-20,29H2/t26-,27?/m0/s1. The monoisotopic (exact) mass is 426 g/mol. The molecule has 0 amide bonds. The number of nitrogens with zero attached hydrogens (tertiary/aromatic N) is 2. The Labute approximate surface area is 191 Å². The van der Waals surface area contributed by atoms with Gasteiger partial charge in [0.1, 0.15) is 0 Å². The lowest BCUT2D eigenvalue weighted by Crippen LogP contribution is -2.40. The lowest BCUT2D eigenvalue weighted by molar-refractivity contribution is 0.156. The van der Waals surface area contributed by atoms with Gasteiger partial charge in [0.15, 0.2) is 0 Å². The summed E-state index contributed by atoms with van der Waals surface area (Å²) in [5.41, 5.74) is 14.1. The third-order valence-electron chi connectivity index (χ3n) is 7.15. The number of benzene rings is 2. The predicted molar refractivity (Wildman–Crippen MR) is 130 cm³/mol. The lowest BCUT2D eigenvalue weighted by Gasteiger charge is -2.36. The maximum atomic E-state index is 5.92. The molecule has 0 saturated carbocycles. The van der Waals surface area contributed by atoms with E-state index in [9.17, 15) is 0 Å². The molecule has 0 radical (unpaired) electrons. The zero-order valence-corrected chi connectivity index (χ0v) is 18.8. The summed E-state index contributed by atoms with van der Waals surface area (Å²) in [7, 11) is 0. The van der Waals surface area contributed by atoms with Crippen LogP contribution in [-0.2, 0) is 32.5 Å². The Morgan fingerprint density at radius 3 is 2.72 bits per heavy atom. The molecule has 4 nitrogen and oxygen atoms in total. The van der Waals surface area contributed by atoms with Gasteiger partial charge in [-0.3, -0.25) is 9.88 Å². The Kier molecular flexibility index (Phi) is 6.63. The fourth-order valence-corrected chi connectivity index (χ4v) is 5.42. The molecule has 1 aromatic heterocycles. The minimum Gasteiger partial charge on any atom is -0.326 e. The summed E-state index contributed by atoms with van der Waals surface area (Å²) in [4.78, 5) is 7.51. The minimum absolute atomic E-state index is 0.386. The van der Waals surface area contributed by atoms with Gasteiger partial charge in [-0.05, 0) is 66.0 Å². The van der Waals surface area contributed by atoms with Crippen LogP contribution in [-0.4, -0.2) is 22.5 Å². The molecule has 1 aliphatic carbocycles. The molecule has 5 rings (SSSR count). The molecule has 166 valence electrons. The SMILES string of the molecule is NCc1cccc(CN(CC[C@H]2Cc3ccccc3CN2)C2CCCc3cccnc32)c1. The summed E-state index contributed by atoms with van der Waals surface area (Å²) >= 11 is 0. The predicted octanol–water partition coefficient (Wildman–Crippen LogP) is 4.52. The molecule has 2 heterocycles. The van der Waals surface area contributed by atoms with E-state index in [2.05, 4.69) is 70.9 Å². The van der Waals surface area contributed by atoms with E-state index in [-0.39, 0.29) is 0 Å². The summed E-state index contributed by atoms with van der Waals surface area (Å²) in [5.74, 6) is 0. The van der Waals surface area contributed by atoms with Crippen molar-refractivity contribution in [1.29, 1.82) is 0 Å². The summed E-state index contributed by atoms with van der Waals surface area (Å²) < 4.78 is 0. The molecule has 0 bridgehead atoms. The number of pyridine rings is 1. The maximum Gasteiger partial charge on any atom is 0.0607 e. The first-order valence-electron chi connectivity index (χ1n) is 12.1. The topological polar surface area (TPSA) is 54.2 Å². The first-order valence-corrected chi connectivity index (χ1v) is 12.1. The second kappa shape index (κ2) is 9.95. The van der Waals surface area contributed by atoms with Gasteiger partial charge >= 0.3 is 0 Å². The highest BCUT2D eigenvalue weighted by Crippen LogP contribution is 2.34. The maximum absolute atomic E-state index is 5.92. The van der Waals surface area contributed by atoms with Crippen LogP contribution in [0.25, 0.3) is 0 Å². The van der Waals surface area contributed by atoms with E-state index in [1.807, 2.05) is 6.20 Å². The minimum atomic E-state index is 0.386. The van der Waals surface area contributed by atoms with Gasteiger partial charge in [-0.1, -0.05) is 54.6 Å². The molecule has 0 saturated heterocycles. The van der Waals surface area contributed by atoms with Gasteiger partial charge < -0.3 is 11.1 Å². The van der Waals surface area contributed by atoms with Crippen molar-refractivity contribution < 1.29 is 0 Å². The third-order valence-corrected chi connectivity index (χ3v) is 7.15. The first kappa shape index (κ1) is 21.3. The van der Waals surface area contributed by atoms with Crippen molar-refractivity contribution in [2.75, 3.05) is 6.54 Å². The van der Waals surface area contributed by atoms with Crippen molar-refractivity contribution in [3.05, 3.63) is 100 Å². The van der Waals surface area contributed by atoms with Crippen LogP contribution in [0.4, 0.5) is 0 Å². The molecule has 2 aromatic carbocycles.